The summed E-state index contributed by atoms with van der Waals surface area (Å²) in [6.45, 7) is 9.30. The molecule has 0 saturated carbocycles. The second-order valence-corrected chi connectivity index (χ2v) is 5.65. The van der Waals surface area contributed by atoms with E-state index in [0.29, 0.717) is 6.42 Å². The van der Waals surface area contributed by atoms with E-state index in [1.54, 1.807) is 4.90 Å². The van der Waals surface area contributed by atoms with E-state index in [0.717, 1.165) is 12.8 Å². The van der Waals surface area contributed by atoms with Crippen LogP contribution in [0.25, 0.3) is 0 Å². The second kappa shape index (κ2) is 5.07. The molecule has 98 valence electrons. The topological polar surface area (TPSA) is 46.6 Å². The lowest BCUT2D eigenvalue weighted by Crippen LogP contribution is -2.46. The number of Topliss-reactive ketones (excluding diaryl/α,β-unsaturated/α-hetero) is 1. The third kappa shape index (κ3) is 3.45. The van der Waals surface area contributed by atoms with Gasteiger partial charge in [-0.2, -0.15) is 0 Å². The fourth-order valence-electron chi connectivity index (χ4n) is 2.16. The molecule has 1 amide bonds. The van der Waals surface area contributed by atoms with Gasteiger partial charge in [0.2, 0.25) is 0 Å². The lowest BCUT2D eigenvalue weighted by atomic mass is 10.1. The fraction of sp³-hybridized carbons (Fsp3) is 0.846. The Labute approximate surface area is 103 Å². The number of hydrogen-bond acceptors (Lipinski definition) is 3. The van der Waals surface area contributed by atoms with Crippen molar-refractivity contribution in [1.29, 1.82) is 0 Å². The molecular formula is C13H23NO3. The molecule has 0 aromatic rings. The van der Waals surface area contributed by atoms with Crippen LogP contribution in [0.1, 0.15) is 53.9 Å². The largest absolute Gasteiger partial charge is 0.444 e. The molecule has 2 atom stereocenters. The summed E-state index contributed by atoms with van der Waals surface area (Å²) in [6, 6.07) is -0.199. The normalized spacial score (nSPS) is 24.9. The summed E-state index contributed by atoms with van der Waals surface area (Å²) >= 11 is 0. The average Bonchev–Trinajstić information content (AvgIpc) is 2.56. The molecule has 0 unspecified atom stereocenters. The molecule has 1 aliphatic rings. The van der Waals surface area contributed by atoms with E-state index in [9.17, 15) is 9.59 Å². The molecule has 1 fully saturated rings. The fourth-order valence-corrected chi connectivity index (χ4v) is 2.16. The van der Waals surface area contributed by atoms with E-state index in [2.05, 4.69) is 0 Å². The highest BCUT2D eigenvalue weighted by Gasteiger charge is 2.39. The van der Waals surface area contributed by atoms with Crippen molar-refractivity contribution in [3.05, 3.63) is 0 Å². The summed E-state index contributed by atoms with van der Waals surface area (Å²) in [4.78, 5) is 25.5. The molecule has 1 saturated heterocycles. The molecule has 4 nitrogen and oxygen atoms in total. The van der Waals surface area contributed by atoms with E-state index in [1.807, 2.05) is 34.6 Å². The van der Waals surface area contributed by atoms with E-state index in [4.69, 9.17) is 4.74 Å². The van der Waals surface area contributed by atoms with Gasteiger partial charge in [0.15, 0.2) is 5.78 Å². The number of nitrogens with zero attached hydrogens (tertiary/aromatic N) is 1. The van der Waals surface area contributed by atoms with Crippen molar-refractivity contribution in [2.24, 2.45) is 0 Å². The Bertz CT molecular complexity index is 306. The Kier molecular flexibility index (Phi) is 4.17. The summed E-state index contributed by atoms with van der Waals surface area (Å²) in [5.74, 6) is 0.125. The molecule has 0 aromatic heterocycles. The minimum absolute atomic E-state index is 0.0883. The molecular weight excluding hydrogens is 218 g/mol. The molecule has 0 N–H and O–H groups in total. The molecule has 0 aliphatic carbocycles. The predicted molar refractivity (Wildman–Crippen MR) is 65.9 cm³/mol. The summed E-state index contributed by atoms with van der Waals surface area (Å²) in [5, 5.41) is 0. The monoisotopic (exact) mass is 241 g/mol. The quantitative estimate of drug-likeness (QED) is 0.746. The standard InChI is InChI=1S/C13H23NO3/c1-6-11(15)10-8-7-9(2)14(10)12(16)17-13(3,4)5/h9-10H,6-8H2,1-5H3/t9-,10-/m0/s1. The SMILES string of the molecule is CCC(=O)[C@@H]1CC[C@H](C)N1C(=O)OC(C)(C)C. The van der Waals surface area contributed by atoms with Crippen molar-refractivity contribution < 1.29 is 14.3 Å². The number of rotatable bonds is 2. The number of ether oxygens (including phenoxy) is 1. The molecule has 1 aliphatic heterocycles. The van der Waals surface area contributed by atoms with Crippen LogP contribution in [-0.2, 0) is 9.53 Å². The van der Waals surface area contributed by atoms with Crippen LogP contribution < -0.4 is 0 Å². The van der Waals surface area contributed by atoms with E-state index in [1.165, 1.54) is 0 Å². The van der Waals surface area contributed by atoms with Gasteiger partial charge in [-0.05, 0) is 40.5 Å². The van der Waals surface area contributed by atoms with Crippen LogP contribution in [0.4, 0.5) is 4.79 Å². The number of hydrogen-bond donors (Lipinski definition) is 0. The molecule has 4 heteroatoms. The predicted octanol–water partition coefficient (Wildman–Crippen LogP) is 2.75. The first-order chi connectivity index (χ1) is 7.76. The van der Waals surface area contributed by atoms with Crippen molar-refractivity contribution >= 4 is 11.9 Å². The van der Waals surface area contributed by atoms with Crippen LogP contribution in [0, 0.1) is 0 Å². The summed E-state index contributed by atoms with van der Waals surface area (Å²) in [7, 11) is 0. The lowest BCUT2D eigenvalue weighted by Gasteiger charge is -2.30. The summed E-state index contributed by atoms with van der Waals surface area (Å²) < 4.78 is 5.35. The molecule has 0 bridgehead atoms. The van der Waals surface area contributed by atoms with Gasteiger partial charge in [-0.25, -0.2) is 4.79 Å². The van der Waals surface area contributed by atoms with Gasteiger partial charge in [-0.15, -0.1) is 0 Å². The van der Waals surface area contributed by atoms with Crippen molar-refractivity contribution in [3.8, 4) is 0 Å². The zero-order chi connectivity index (χ0) is 13.2. The van der Waals surface area contributed by atoms with Crippen LogP contribution in [0.3, 0.4) is 0 Å². The number of likely N-dealkylation sites (tertiary alicyclic amines) is 1. The van der Waals surface area contributed by atoms with Gasteiger partial charge in [0.05, 0.1) is 6.04 Å². The maximum absolute atomic E-state index is 12.1. The Morgan fingerprint density at radius 3 is 2.35 bits per heavy atom. The van der Waals surface area contributed by atoms with E-state index < -0.39 is 5.60 Å². The number of ketones is 1. The third-order valence-electron chi connectivity index (χ3n) is 2.99. The molecule has 1 heterocycles. The number of carbonyl (C=O) groups excluding carboxylic acids is 2. The maximum Gasteiger partial charge on any atom is 0.411 e. The minimum atomic E-state index is -0.515. The van der Waals surface area contributed by atoms with Crippen molar-refractivity contribution in [2.45, 2.75) is 71.6 Å². The highest BCUT2D eigenvalue weighted by molar-refractivity contribution is 5.87. The molecule has 1 rings (SSSR count). The van der Waals surface area contributed by atoms with Crippen molar-refractivity contribution in [2.75, 3.05) is 0 Å². The lowest BCUT2D eigenvalue weighted by molar-refractivity contribution is -0.123. The zero-order valence-corrected chi connectivity index (χ0v) is 11.4. The highest BCUT2D eigenvalue weighted by atomic mass is 16.6. The van der Waals surface area contributed by atoms with Gasteiger partial charge in [0.1, 0.15) is 5.60 Å². The molecule has 0 radical (unpaired) electrons. The van der Waals surface area contributed by atoms with E-state index >= 15 is 0 Å². The van der Waals surface area contributed by atoms with Gasteiger partial charge in [0, 0.05) is 12.5 Å². The van der Waals surface area contributed by atoms with Crippen LogP contribution >= 0.6 is 0 Å². The third-order valence-corrected chi connectivity index (χ3v) is 2.99. The number of amides is 1. The highest BCUT2D eigenvalue weighted by Crippen LogP contribution is 2.27. The smallest absolute Gasteiger partial charge is 0.411 e. The Hall–Kier alpha value is -1.06. The first-order valence-corrected chi connectivity index (χ1v) is 6.30. The molecule has 0 aromatic carbocycles. The Balaban J connectivity index is 2.78. The molecule has 17 heavy (non-hydrogen) atoms. The molecule has 0 spiro atoms. The van der Waals surface area contributed by atoms with Gasteiger partial charge < -0.3 is 4.74 Å². The van der Waals surface area contributed by atoms with Crippen LogP contribution in [0.2, 0.25) is 0 Å². The van der Waals surface area contributed by atoms with Crippen LogP contribution in [0.5, 0.6) is 0 Å². The minimum Gasteiger partial charge on any atom is -0.444 e. The summed E-state index contributed by atoms with van der Waals surface area (Å²) in [6.07, 6.45) is 1.73. The van der Waals surface area contributed by atoms with Crippen molar-refractivity contribution in [3.63, 3.8) is 0 Å². The zero-order valence-electron chi connectivity index (χ0n) is 11.4. The second-order valence-electron chi connectivity index (χ2n) is 5.65. The van der Waals surface area contributed by atoms with E-state index in [-0.39, 0.29) is 24.0 Å². The van der Waals surface area contributed by atoms with Gasteiger partial charge in [-0.3, -0.25) is 9.69 Å². The van der Waals surface area contributed by atoms with Crippen LogP contribution in [-0.4, -0.2) is 34.5 Å². The van der Waals surface area contributed by atoms with Gasteiger partial charge >= 0.3 is 6.09 Å². The number of carbonyl (C=O) groups is 2. The maximum atomic E-state index is 12.1. The first kappa shape index (κ1) is 14.0. The first-order valence-electron chi connectivity index (χ1n) is 6.30. The summed E-state index contributed by atoms with van der Waals surface area (Å²) in [5.41, 5.74) is -0.515. The van der Waals surface area contributed by atoms with Gasteiger partial charge in [0.25, 0.3) is 0 Å². The Morgan fingerprint density at radius 2 is 1.88 bits per heavy atom. The Morgan fingerprint density at radius 1 is 1.29 bits per heavy atom. The average molecular weight is 241 g/mol. The van der Waals surface area contributed by atoms with Crippen LogP contribution in [0.15, 0.2) is 0 Å². The van der Waals surface area contributed by atoms with Gasteiger partial charge in [-0.1, -0.05) is 6.92 Å². The van der Waals surface area contributed by atoms with Crippen molar-refractivity contribution in [1.82, 2.24) is 4.90 Å².